The third-order valence-electron chi connectivity index (χ3n) is 9.51. The normalized spacial score (nSPS) is 20.1. The smallest absolute Gasteiger partial charge is 0.344 e. The monoisotopic (exact) mass is 683 g/mol. The van der Waals surface area contributed by atoms with Crippen molar-refractivity contribution in [2.75, 3.05) is 14.2 Å². The van der Waals surface area contributed by atoms with E-state index in [9.17, 15) is 18.8 Å². The van der Waals surface area contributed by atoms with Crippen molar-refractivity contribution in [2.45, 2.75) is 57.2 Å². The van der Waals surface area contributed by atoms with Crippen molar-refractivity contribution in [3.63, 3.8) is 0 Å². The first-order chi connectivity index (χ1) is 23.7. The number of aromatic nitrogens is 1. The second-order valence-electron chi connectivity index (χ2n) is 12.7. The summed E-state index contributed by atoms with van der Waals surface area (Å²) < 4.78 is 32.6. The van der Waals surface area contributed by atoms with Gasteiger partial charge in [0.15, 0.2) is 6.10 Å². The third kappa shape index (κ3) is 6.21. The lowest BCUT2D eigenvalue weighted by atomic mass is 9.77. The van der Waals surface area contributed by atoms with E-state index in [-0.39, 0.29) is 27.9 Å². The van der Waals surface area contributed by atoms with Crippen molar-refractivity contribution in [3.8, 4) is 11.5 Å². The van der Waals surface area contributed by atoms with E-state index >= 15 is 0 Å². The number of hydrazone groups is 1. The molecule has 1 aromatic heterocycles. The summed E-state index contributed by atoms with van der Waals surface area (Å²) in [6.07, 6.45) is 6.44. The van der Waals surface area contributed by atoms with Crippen LogP contribution in [0.5, 0.6) is 11.5 Å². The summed E-state index contributed by atoms with van der Waals surface area (Å²) in [5, 5.41) is 6.24. The minimum atomic E-state index is -1.28. The highest BCUT2D eigenvalue weighted by Gasteiger charge is 2.45. The Labute approximate surface area is 287 Å². The number of nitrogens with zero attached hydrogens (tertiary/aromatic N) is 3. The van der Waals surface area contributed by atoms with E-state index in [0.717, 1.165) is 66.3 Å². The molecule has 0 N–H and O–H groups in total. The number of esters is 1. The number of hydrogen-bond donors (Lipinski definition) is 0. The van der Waals surface area contributed by atoms with Gasteiger partial charge in [-0.3, -0.25) is 9.59 Å². The van der Waals surface area contributed by atoms with Gasteiger partial charge < -0.3 is 18.8 Å². The minimum absolute atomic E-state index is 0.0213. The fourth-order valence-electron chi connectivity index (χ4n) is 6.82. The molecule has 4 aromatic rings. The van der Waals surface area contributed by atoms with Crippen molar-refractivity contribution < 1.29 is 28.2 Å². The number of hydrogen-bond acceptors (Lipinski definition) is 7. The molecule has 0 saturated heterocycles. The zero-order chi connectivity index (χ0) is 34.4. The fourth-order valence-corrected chi connectivity index (χ4v) is 6.98. The Balaban J connectivity index is 1.21. The fraction of sp³-hybridized carbons (Fsp3) is 0.316. The summed E-state index contributed by atoms with van der Waals surface area (Å²) in [7, 11) is 3.22. The van der Waals surface area contributed by atoms with E-state index in [0.29, 0.717) is 11.3 Å². The van der Waals surface area contributed by atoms with Crippen LogP contribution in [-0.4, -0.2) is 47.5 Å². The van der Waals surface area contributed by atoms with Gasteiger partial charge in [-0.15, -0.1) is 0 Å². The first-order valence-electron chi connectivity index (χ1n) is 16.3. The first-order valence-corrected chi connectivity index (χ1v) is 16.7. The molecule has 2 fully saturated rings. The Morgan fingerprint density at radius 3 is 2.33 bits per heavy atom. The van der Waals surface area contributed by atoms with Gasteiger partial charge in [0.1, 0.15) is 22.9 Å². The Morgan fingerprint density at radius 2 is 1.67 bits per heavy atom. The molecule has 1 aliphatic heterocycles. The maximum Gasteiger partial charge on any atom is 0.344 e. The van der Waals surface area contributed by atoms with E-state index in [1.54, 1.807) is 18.8 Å². The van der Waals surface area contributed by atoms with Crippen LogP contribution >= 0.6 is 11.6 Å². The second kappa shape index (κ2) is 13.2. The standard InChI is InChI=1S/C38H35ClFN3O6/c1-21(49-38(46)30-20-42(25-11-12-25)33-19-31(39)32(40)18-29(33)36(30)44)37(45)43-35(23-9-15-27(48-3)16-10-23)28-6-4-5-24(34(28)41-43)17-22-7-13-26(47-2)14-8-22/h7-10,13-21,25,28,35H,4-6,11-12H2,1-3H3/b24-17+. The molecule has 3 aromatic carbocycles. The zero-order valence-corrected chi connectivity index (χ0v) is 28.1. The van der Waals surface area contributed by atoms with Gasteiger partial charge in [0, 0.05) is 23.5 Å². The average Bonchev–Trinajstić information content (AvgIpc) is 3.88. The predicted octanol–water partition coefficient (Wildman–Crippen LogP) is 7.51. The maximum atomic E-state index is 14.4. The van der Waals surface area contributed by atoms with Gasteiger partial charge in [0.25, 0.3) is 5.91 Å². The highest BCUT2D eigenvalue weighted by atomic mass is 35.5. The number of ether oxygens (including phenoxy) is 3. The number of carbonyl (C=O) groups is 2. The molecule has 252 valence electrons. The van der Waals surface area contributed by atoms with Gasteiger partial charge in [0.2, 0.25) is 5.43 Å². The number of methoxy groups -OCH3 is 2. The van der Waals surface area contributed by atoms with Crippen LogP contribution in [0.4, 0.5) is 4.39 Å². The van der Waals surface area contributed by atoms with Crippen LogP contribution in [0.2, 0.25) is 5.02 Å². The zero-order valence-electron chi connectivity index (χ0n) is 27.3. The predicted molar refractivity (Wildman–Crippen MR) is 185 cm³/mol. The summed E-state index contributed by atoms with van der Waals surface area (Å²) >= 11 is 6.03. The largest absolute Gasteiger partial charge is 0.497 e. The maximum absolute atomic E-state index is 14.4. The van der Waals surface area contributed by atoms with Gasteiger partial charge in [-0.05, 0) is 98.2 Å². The molecule has 11 heteroatoms. The van der Waals surface area contributed by atoms with Gasteiger partial charge in [-0.25, -0.2) is 14.2 Å². The highest BCUT2D eigenvalue weighted by Crippen LogP contribution is 2.45. The summed E-state index contributed by atoms with van der Waals surface area (Å²) in [4.78, 5) is 41.2. The molecule has 9 nitrogen and oxygen atoms in total. The summed E-state index contributed by atoms with van der Waals surface area (Å²) in [5.74, 6) is -0.910. The lowest BCUT2D eigenvalue weighted by Crippen LogP contribution is -2.39. The molecular weight excluding hydrogens is 649 g/mol. The molecule has 7 rings (SSSR count). The van der Waals surface area contributed by atoms with Crippen LogP contribution in [0.1, 0.15) is 72.6 Å². The van der Waals surface area contributed by atoms with Crippen molar-refractivity contribution >= 4 is 46.2 Å². The quantitative estimate of drug-likeness (QED) is 0.178. The number of carbonyl (C=O) groups excluding carboxylic acids is 2. The molecule has 2 saturated carbocycles. The summed E-state index contributed by atoms with van der Waals surface area (Å²) in [6, 6.07) is 17.3. The van der Waals surface area contributed by atoms with Crippen molar-refractivity contribution in [3.05, 3.63) is 110 Å². The molecule has 3 aliphatic rings. The van der Waals surface area contributed by atoms with Gasteiger partial charge in [-0.1, -0.05) is 35.9 Å². The number of pyridine rings is 1. The lowest BCUT2D eigenvalue weighted by Gasteiger charge is -2.30. The van der Waals surface area contributed by atoms with Crippen LogP contribution in [-0.2, 0) is 9.53 Å². The van der Waals surface area contributed by atoms with Gasteiger partial charge in [-0.2, -0.15) is 5.10 Å². The van der Waals surface area contributed by atoms with E-state index in [1.807, 2.05) is 48.5 Å². The summed E-state index contributed by atoms with van der Waals surface area (Å²) in [6.45, 7) is 1.47. The van der Waals surface area contributed by atoms with Crippen LogP contribution in [0.25, 0.3) is 17.0 Å². The van der Waals surface area contributed by atoms with Crippen molar-refractivity contribution in [1.82, 2.24) is 9.58 Å². The molecule has 3 atom stereocenters. The van der Waals surface area contributed by atoms with Gasteiger partial charge >= 0.3 is 5.97 Å². The Hall–Kier alpha value is -4.96. The number of allylic oxidation sites excluding steroid dienone is 1. The molecule has 2 heterocycles. The highest BCUT2D eigenvalue weighted by molar-refractivity contribution is 6.31. The number of amides is 1. The molecule has 1 amide bonds. The van der Waals surface area contributed by atoms with Crippen LogP contribution in [0.15, 0.2) is 82.3 Å². The van der Waals surface area contributed by atoms with E-state index < -0.39 is 35.3 Å². The summed E-state index contributed by atoms with van der Waals surface area (Å²) in [5.41, 5.74) is 3.17. The van der Waals surface area contributed by atoms with E-state index in [1.165, 1.54) is 24.2 Å². The number of rotatable bonds is 8. The lowest BCUT2D eigenvalue weighted by molar-refractivity contribution is -0.142. The van der Waals surface area contributed by atoms with Crippen LogP contribution in [0.3, 0.4) is 0 Å². The van der Waals surface area contributed by atoms with Crippen molar-refractivity contribution in [1.29, 1.82) is 0 Å². The molecular formula is C38H35ClFN3O6. The Kier molecular flexibility index (Phi) is 8.75. The van der Waals surface area contributed by atoms with E-state index in [4.69, 9.17) is 30.9 Å². The number of fused-ring (bicyclic) bond motifs is 2. The third-order valence-corrected chi connectivity index (χ3v) is 9.80. The number of halogens is 2. The second-order valence-corrected chi connectivity index (χ2v) is 13.1. The Morgan fingerprint density at radius 1 is 1.00 bits per heavy atom. The van der Waals surface area contributed by atoms with E-state index in [2.05, 4.69) is 6.08 Å². The molecule has 2 aliphatic carbocycles. The van der Waals surface area contributed by atoms with Gasteiger partial charge in [0.05, 0.1) is 36.5 Å². The number of benzene rings is 3. The van der Waals surface area contributed by atoms with Crippen molar-refractivity contribution in [2.24, 2.45) is 11.0 Å². The van der Waals surface area contributed by atoms with Crippen LogP contribution in [0, 0.1) is 11.7 Å². The molecule has 0 bridgehead atoms. The minimum Gasteiger partial charge on any atom is -0.497 e. The average molecular weight is 684 g/mol. The molecule has 0 radical (unpaired) electrons. The Bertz CT molecular complexity index is 2070. The molecule has 3 unspecified atom stereocenters. The first kappa shape index (κ1) is 32.6. The van der Waals surface area contributed by atoms with Crippen LogP contribution < -0.4 is 14.9 Å². The molecule has 49 heavy (non-hydrogen) atoms. The topological polar surface area (TPSA) is 99.4 Å². The SMILES string of the molecule is COc1ccc(/C=C2\CCCC3C2=NN(C(=O)C(C)OC(=O)c2cn(C4CC4)c4cc(Cl)c(F)cc4c2=O)C3c2ccc(OC)cc2)cc1. The molecule has 0 spiro atoms.